The Hall–Kier alpha value is -0.430. The summed E-state index contributed by atoms with van der Waals surface area (Å²) in [7, 11) is 0. The van der Waals surface area contributed by atoms with Gasteiger partial charge in [0.25, 0.3) is 0 Å². The molecule has 0 N–H and O–H groups in total. The Morgan fingerprint density at radius 3 is 1.82 bits per heavy atom. The van der Waals surface area contributed by atoms with Gasteiger partial charge in [-0.2, -0.15) is 0 Å². The molecule has 0 aliphatic heterocycles. The van der Waals surface area contributed by atoms with Crippen molar-refractivity contribution in [1.29, 1.82) is 0 Å². The minimum Gasteiger partial charge on any atom is -0.123 e. The summed E-state index contributed by atoms with van der Waals surface area (Å²) >= 11 is 2.07. The van der Waals surface area contributed by atoms with Gasteiger partial charge < -0.3 is 0 Å². The van der Waals surface area contributed by atoms with E-state index in [0.29, 0.717) is 0 Å². The molecule has 0 bridgehead atoms. The van der Waals surface area contributed by atoms with E-state index < -0.39 is 0 Å². The summed E-state index contributed by atoms with van der Waals surface area (Å²) in [5.41, 5.74) is 0. The van der Waals surface area contributed by atoms with Crippen LogP contribution in [0.3, 0.4) is 0 Å². The molecule has 1 heteroatoms. The highest BCUT2D eigenvalue weighted by atomic mass is 32.2. The number of thioether (sulfide) groups is 1. The van der Waals surface area contributed by atoms with Crippen LogP contribution in [0.4, 0.5) is 0 Å². The second-order valence-electron chi connectivity index (χ2n) is 6.43. The van der Waals surface area contributed by atoms with E-state index in [-0.39, 0.29) is 0 Å². The van der Waals surface area contributed by atoms with Crippen molar-refractivity contribution >= 4 is 11.8 Å². The van der Waals surface area contributed by atoms with Gasteiger partial charge in [0.1, 0.15) is 0 Å². The van der Waals surface area contributed by atoms with Gasteiger partial charge in [-0.15, -0.1) is 11.8 Å². The van der Waals surface area contributed by atoms with Crippen molar-refractivity contribution in [2.45, 2.75) is 101 Å². The van der Waals surface area contributed by atoms with E-state index in [9.17, 15) is 0 Å². The first-order chi connectivity index (χ1) is 10.9. The molecule has 22 heavy (non-hydrogen) atoms. The van der Waals surface area contributed by atoms with E-state index in [1.807, 2.05) is 0 Å². The summed E-state index contributed by atoms with van der Waals surface area (Å²) in [5, 5.41) is 0.802. The van der Waals surface area contributed by atoms with E-state index in [2.05, 4.69) is 55.9 Å². The molecule has 1 atom stereocenters. The number of hydrogen-bond donors (Lipinski definition) is 0. The maximum absolute atomic E-state index is 2.33. The van der Waals surface area contributed by atoms with Gasteiger partial charge in [0.2, 0.25) is 0 Å². The molecule has 0 amide bonds. The van der Waals surface area contributed by atoms with Gasteiger partial charge >= 0.3 is 0 Å². The first-order valence-electron chi connectivity index (χ1n) is 9.58. The molecule has 0 nitrogen and oxygen atoms in total. The van der Waals surface area contributed by atoms with Crippen LogP contribution in [0, 0.1) is 0 Å². The topological polar surface area (TPSA) is 0 Å². The first kappa shape index (κ1) is 19.6. The fourth-order valence-electron chi connectivity index (χ4n) is 2.90. The average molecular weight is 321 g/mol. The zero-order chi connectivity index (χ0) is 15.9. The SMILES string of the molecule is CCCCCCCCCCCCC(CC)Sc1ccccc1. The lowest BCUT2D eigenvalue weighted by atomic mass is 10.0. The maximum Gasteiger partial charge on any atom is 0.00917 e. The zero-order valence-corrected chi connectivity index (χ0v) is 15.7. The summed E-state index contributed by atoms with van der Waals surface area (Å²) in [6.07, 6.45) is 17.0. The average Bonchev–Trinajstić information content (AvgIpc) is 2.56. The molecule has 0 aliphatic rings. The van der Waals surface area contributed by atoms with Crippen LogP contribution in [-0.2, 0) is 0 Å². The van der Waals surface area contributed by atoms with Crippen molar-refractivity contribution in [3.63, 3.8) is 0 Å². The Kier molecular flexibility index (Phi) is 12.6. The maximum atomic E-state index is 2.33. The van der Waals surface area contributed by atoms with E-state index in [1.54, 1.807) is 0 Å². The largest absolute Gasteiger partial charge is 0.123 e. The molecule has 0 saturated carbocycles. The van der Waals surface area contributed by atoms with Gasteiger partial charge in [0.15, 0.2) is 0 Å². The van der Waals surface area contributed by atoms with Gasteiger partial charge in [-0.25, -0.2) is 0 Å². The molecule has 0 radical (unpaired) electrons. The van der Waals surface area contributed by atoms with E-state index in [0.717, 1.165) is 5.25 Å². The quantitative estimate of drug-likeness (QED) is 0.248. The van der Waals surface area contributed by atoms with Crippen LogP contribution in [0.15, 0.2) is 35.2 Å². The Balaban J connectivity index is 1.96. The molecule has 0 aliphatic carbocycles. The Morgan fingerprint density at radius 2 is 1.27 bits per heavy atom. The Bertz CT molecular complexity index is 333. The molecule has 0 spiro atoms. The van der Waals surface area contributed by atoms with E-state index >= 15 is 0 Å². The van der Waals surface area contributed by atoms with Crippen molar-refractivity contribution in [2.75, 3.05) is 0 Å². The summed E-state index contributed by atoms with van der Waals surface area (Å²) in [6.45, 7) is 4.62. The van der Waals surface area contributed by atoms with Crippen molar-refractivity contribution in [3.8, 4) is 0 Å². The lowest BCUT2D eigenvalue weighted by molar-refractivity contribution is 0.545. The monoisotopic (exact) mass is 320 g/mol. The third-order valence-electron chi connectivity index (χ3n) is 4.38. The molecule has 1 aromatic rings. The molecule has 1 aromatic carbocycles. The van der Waals surface area contributed by atoms with E-state index in [4.69, 9.17) is 0 Å². The Morgan fingerprint density at radius 1 is 0.727 bits per heavy atom. The summed E-state index contributed by atoms with van der Waals surface area (Å²) < 4.78 is 0. The fourth-order valence-corrected chi connectivity index (χ4v) is 4.05. The smallest absolute Gasteiger partial charge is 0.00917 e. The highest BCUT2D eigenvalue weighted by Crippen LogP contribution is 2.28. The van der Waals surface area contributed by atoms with Crippen molar-refractivity contribution in [2.24, 2.45) is 0 Å². The number of benzene rings is 1. The fraction of sp³-hybridized carbons (Fsp3) is 0.714. The normalized spacial score (nSPS) is 12.5. The minimum atomic E-state index is 0.802. The number of rotatable bonds is 14. The third kappa shape index (κ3) is 10.3. The summed E-state index contributed by atoms with van der Waals surface area (Å²) in [4.78, 5) is 1.43. The van der Waals surface area contributed by atoms with Crippen LogP contribution in [-0.4, -0.2) is 5.25 Å². The molecular weight excluding hydrogens is 284 g/mol. The molecule has 0 heterocycles. The molecule has 0 fully saturated rings. The van der Waals surface area contributed by atoms with Crippen molar-refractivity contribution in [1.82, 2.24) is 0 Å². The highest BCUT2D eigenvalue weighted by Gasteiger charge is 2.07. The predicted octanol–water partition coefficient (Wildman–Crippen LogP) is 7.87. The van der Waals surface area contributed by atoms with Gasteiger partial charge in [0, 0.05) is 10.1 Å². The molecule has 1 rings (SSSR count). The second kappa shape index (κ2) is 14.2. The van der Waals surface area contributed by atoms with Crippen LogP contribution in [0.5, 0.6) is 0 Å². The van der Waals surface area contributed by atoms with Crippen LogP contribution in [0.1, 0.15) is 90.9 Å². The summed E-state index contributed by atoms with van der Waals surface area (Å²) in [6, 6.07) is 10.9. The van der Waals surface area contributed by atoms with Gasteiger partial charge in [-0.3, -0.25) is 0 Å². The van der Waals surface area contributed by atoms with Crippen LogP contribution in [0.2, 0.25) is 0 Å². The zero-order valence-electron chi connectivity index (χ0n) is 14.9. The van der Waals surface area contributed by atoms with Gasteiger partial charge in [-0.1, -0.05) is 96.3 Å². The van der Waals surface area contributed by atoms with Crippen LogP contribution >= 0.6 is 11.8 Å². The second-order valence-corrected chi connectivity index (χ2v) is 7.81. The predicted molar refractivity (Wildman–Crippen MR) is 103 cm³/mol. The molecule has 0 aromatic heterocycles. The van der Waals surface area contributed by atoms with Crippen molar-refractivity contribution < 1.29 is 0 Å². The highest BCUT2D eigenvalue weighted by molar-refractivity contribution is 8.00. The molecule has 0 saturated heterocycles. The molecule has 1 unspecified atom stereocenters. The van der Waals surface area contributed by atoms with Crippen LogP contribution < -0.4 is 0 Å². The molecule has 126 valence electrons. The number of hydrogen-bond acceptors (Lipinski definition) is 1. The van der Waals surface area contributed by atoms with Gasteiger partial charge in [-0.05, 0) is 25.0 Å². The Labute approximate surface area is 143 Å². The minimum absolute atomic E-state index is 0.802. The van der Waals surface area contributed by atoms with Crippen LogP contribution in [0.25, 0.3) is 0 Å². The van der Waals surface area contributed by atoms with Crippen molar-refractivity contribution in [3.05, 3.63) is 30.3 Å². The lowest BCUT2D eigenvalue weighted by Gasteiger charge is -2.14. The summed E-state index contributed by atoms with van der Waals surface area (Å²) in [5.74, 6) is 0. The lowest BCUT2D eigenvalue weighted by Crippen LogP contribution is -2.00. The standard InChI is InChI=1S/C21H36S/c1-3-5-6-7-8-9-10-11-12-14-17-20(4-2)22-21-18-15-13-16-19-21/h13,15-16,18-20H,3-12,14,17H2,1-2H3. The third-order valence-corrected chi connectivity index (χ3v) is 5.83. The first-order valence-corrected chi connectivity index (χ1v) is 10.5. The van der Waals surface area contributed by atoms with Gasteiger partial charge in [0.05, 0.1) is 0 Å². The number of unbranched alkanes of at least 4 members (excludes halogenated alkanes) is 9. The molecular formula is C21H36S. The van der Waals surface area contributed by atoms with E-state index in [1.165, 1.54) is 81.9 Å².